The fraction of sp³-hybridized carbons (Fsp3) is 0.857. The summed E-state index contributed by atoms with van der Waals surface area (Å²) in [6, 6.07) is 0.897. The maximum Gasteiger partial charge on any atom is 0.138 e. The molecule has 1 aromatic rings. The molecule has 4 nitrogen and oxygen atoms in total. The smallest absolute Gasteiger partial charge is 0.138 e. The third-order valence-electron chi connectivity index (χ3n) is 3.15. The van der Waals surface area contributed by atoms with E-state index in [9.17, 15) is 0 Å². The van der Waals surface area contributed by atoms with Crippen LogP contribution in [0.2, 0.25) is 0 Å². The van der Waals surface area contributed by atoms with Crippen LogP contribution >= 0.6 is 0 Å². The maximum absolute atomic E-state index is 4.40. The van der Waals surface area contributed by atoms with E-state index >= 15 is 0 Å². The molecule has 18 heavy (non-hydrogen) atoms. The Balaban J connectivity index is 2.61. The Hall–Kier alpha value is -0.900. The van der Waals surface area contributed by atoms with Gasteiger partial charge in [0.15, 0.2) is 0 Å². The van der Waals surface area contributed by atoms with Crippen molar-refractivity contribution in [3.05, 3.63) is 12.2 Å². The van der Waals surface area contributed by atoms with Gasteiger partial charge in [-0.15, -0.1) is 0 Å². The number of likely N-dealkylation sites (N-methyl/N-ethyl adjacent to an activating group) is 1. The summed E-state index contributed by atoms with van der Waals surface area (Å²) in [4.78, 5) is 4.40. The highest BCUT2D eigenvalue weighted by molar-refractivity contribution is 4.91. The Kier molecular flexibility index (Phi) is 6.33. The minimum atomic E-state index is 0.384. The van der Waals surface area contributed by atoms with E-state index in [4.69, 9.17) is 0 Å². The average Bonchev–Trinajstić information content (AvgIpc) is 2.74. The minimum Gasteiger partial charge on any atom is -0.314 e. The van der Waals surface area contributed by atoms with Gasteiger partial charge in [0.1, 0.15) is 12.2 Å². The lowest BCUT2D eigenvalue weighted by Crippen LogP contribution is -2.32. The number of hydrogen-bond acceptors (Lipinski definition) is 3. The van der Waals surface area contributed by atoms with E-state index in [1.165, 1.54) is 12.8 Å². The van der Waals surface area contributed by atoms with Gasteiger partial charge in [-0.25, -0.2) is 9.67 Å². The summed E-state index contributed by atoms with van der Waals surface area (Å²) < 4.78 is 2.03. The maximum atomic E-state index is 4.40. The standard InChI is InChI=1S/C14H28N4/c1-6-15-13(8-7-11(2)3)9-14-16-10-17-18(14)12(4)5/h10-13,15H,6-9H2,1-5H3. The first-order chi connectivity index (χ1) is 8.54. The van der Waals surface area contributed by atoms with Crippen LogP contribution in [0.3, 0.4) is 0 Å². The molecule has 4 heteroatoms. The lowest BCUT2D eigenvalue weighted by atomic mass is 10.0. The molecule has 0 amide bonds. The van der Waals surface area contributed by atoms with Crippen molar-refractivity contribution in [2.75, 3.05) is 6.54 Å². The van der Waals surface area contributed by atoms with Gasteiger partial charge in [-0.1, -0.05) is 20.8 Å². The van der Waals surface area contributed by atoms with Crippen molar-refractivity contribution in [2.24, 2.45) is 5.92 Å². The Morgan fingerprint density at radius 2 is 1.94 bits per heavy atom. The monoisotopic (exact) mass is 252 g/mol. The van der Waals surface area contributed by atoms with Gasteiger partial charge in [0.2, 0.25) is 0 Å². The van der Waals surface area contributed by atoms with Gasteiger partial charge in [-0.3, -0.25) is 0 Å². The molecule has 0 aromatic carbocycles. The minimum absolute atomic E-state index is 0.384. The van der Waals surface area contributed by atoms with E-state index in [0.29, 0.717) is 12.1 Å². The van der Waals surface area contributed by atoms with Crippen LogP contribution < -0.4 is 5.32 Å². The Morgan fingerprint density at radius 3 is 2.50 bits per heavy atom. The van der Waals surface area contributed by atoms with E-state index in [1.54, 1.807) is 6.33 Å². The van der Waals surface area contributed by atoms with Crippen molar-refractivity contribution in [1.82, 2.24) is 20.1 Å². The zero-order valence-corrected chi connectivity index (χ0v) is 12.5. The second-order valence-electron chi connectivity index (χ2n) is 5.64. The molecule has 1 heterocycles. The summed E-state index contributed by atoms with van der Waals surface area (Å²) in [6.45, 7) is 12.0. The summed E-state index contributed by atoms with van der Waals surface area (Å²) in [6.07, 6.45) is 5.10. The molecule has 1 aromatic heterocycles. The second kappa shape index (κ2) is 7.52. The number of hydrogen-bond donors (Lipinski definition) is 1. The summed E-state index contributed by atoms with van der Waals surface area (Å²) >= 11 is 0. The topological polar surface area (TPSA) is 42.7 Å². The summed E-state index contributed by atoms with van der Waals surface area (Å²) in [5.74, 6) is 1.86. The molecular formula is C14H28N4. The predicted molar refractivity (Wildman–Crippen MR) is 75.6 cm³/mol. The zero-order chi connectivity index (χ0) is 13.5. The van der Waals surface area contributed by atoms with Crippen LogP contribution in [0.4, 0.5) is 0 Å². The lowest BCUT2D eigenvalue weighted by molar-refractivity contribution is 0.412. The molecule has 1 atom stereocenters. The summed E-state index contributed by atoms with van der Waals surface area (Å²) in [5, 5.41) is 7.86. The summed E-state index contributed by atoms with van der Waals surface area (Å²) in [7, 11) is 0. The number of rotatable bonds is 8. The molecule has 0 saturated heterocycles. The SMILES string of the molecule is CCNC(CCC(C)C)Cc1ncnn1C(C)C. The number of aromatic nitrogens is 3. The van der Waals surface area contributed by atoms with Gasteiger partial charge < -0.3 is 5.32 Å². The fourth-order valence-electron chi connectivity index (χ4n) is 2.17. The highest BCUT2D eigenvalue weighted by atomic mass is 15.3. The van der Waals surface area contributed by atoms with Crippen LogP contribution in [0, 0.1) is 5.92 Å². The molecule has 0 saturated carbocycles. The molecule has 1 N–H and O–H groups in total. The quantitative estimate of drug-likeness (QED) is 0.773. The molecule has 0 spiro atoms. The predicted octanol–water partition coefficient (Wildman–Crippen LogP) is 2.82. The molecule has 0 aliphatic heterocycles. The molecule has 1 rings (SSSR count). The third-order valence-corrected chi connectivity index (χ3v) is 3.15. The van der Waals surface area contributed by atoms with Crippen LogP contribution in [-0.2, 0) is 6.42 Å². The highest BCUT2D eigenvalue weighted by Gasteiger charge is 2.14. The third kappa shape index (κ3) is 4.77. The molecule has 0 radical (unpaired) electrons. The first-order valence-electron chi connectivity index (χ1n) is 7.16. The Labute approximate surface area is 111 Å². The largest absolute Gasteiger partial charge is 0.314 e. The number of nitrogens with one attached hydrogen (secondary N) is 1. The molecular weight excluding hydrogens is 224 g/mol. The Bertz CT molecular complexity index is 330. The summed E-state index contributed by atoms with van der Waals surface area (Å²) in [5.41, 5.74) is 0. The molecule has 0 fully saturated rings. The van der Waals surface area contributed by atoms with Crippen molar-refractivity contribution < 1.29 is 0 Å². The van der Waals surface area contributed by atoms with Crippen LogP contribution in [0.15, 0.2) is 6.33 Å². The first-order valence-corrected chi connectivity index (χ1v) is 7.16. The zero-order valence-electron chi connectivity index (χ0n) is 12.5. The van der Waals surface area contributed by atoms with Gasteiger partial charge in [0, 0.05) is 18.5 Å². The van der Waals surface area contributed by atoms with Gasteiger partial charge in [0.05, 0.1) is 0 Å². The van der Waals surface area contributed by atoms with Crippen molar-refractivity contribution in [3.8, 4) is 0 Å². The first kappa shape index (κ1) is 15.2. The molecule has 104 valence electrons. The van der Waals surface area contributed by atoms with Gasteiger partial charge in [-0.05, 0) is 39.2 Å². The van der Waals surface area contributed by atoms with Crippen LogP contribution in [0.1, 0.15) is 59.3 Å². The highest BCUT2D eigenvalue weighted by Crippen LogP contribution is 2.12. The molecule has 0 bridgehead atoms. The van der Waals surface area contributed by atoms with Crippen molar-refractivity contribution in [1.29, 1.82) is 0 Å². The van der Waals surface area contributed by atoms with E-state index in [2.05, 4.69) is 50.0 Å². The average molecular weight is 252 g/mol. The van der Waals surface area contributed by atoms with Crippen LogP contribution in [0.25, 0.3) is 0 Å². The van der Waals surface area contributed by atoms with Gasteiger partial charge in [-0.2, -0.15) is 5.10 Å². The molecule has 1 unspecified atom stereocenters. The van der Waals surface area contributed by atoms with E-state index in [0.717, 1.165) is 24.7 Å². The van der Waals surface area contributed by atoms with Crippen LogP contribution in [0.5, 0.6) is 0 Å². The normalized spacial score (nSPS) is 13.5. The lowest BCUT2D eigenvalue weighted by Gasteiger charge is -2.19. The van der Waals surface area contributed by atoms with E-state index in [1.807, 2.05) is 4.68 Å². The van der Waals surface area contributed by atoms with Crippen LogP contribution in [-0.4, -0.2) is 27.4 Å². The van der Waals surface area contributed by atoms with Crippen molar-refractivity contribution in [2.45, 2.75) is 66.0 Å². The van der Waals surface area contributed by atoms with E-state index < -0.39 is 0 Å². The molecule has 0 aliphatic carbocycles. The molecule has 0 aliphatic rings. The fourth-order valence-corrected chi connectivity index (χ4v) is 2.17. The number of nitrogens with zero attached hydrogens (tertiary/aromatic N) is 3. The second-order valence-corrected chi connectivity index (χ2v) is 5.64. The van der Waals surface area contributed by atoms with Crippen molar-refractivity contribution in [3.63, 3.8) is 0 Å². The Morgan fingerprint density at radius 1 is 1.22 bits per heavy atom. The van der Waals surface area contributed by atoms with Gasteiger partial charge >= 0.3 is 0 Å². The van der Waals surface area contributed by atoms with Gasteiger partial charge in [0.25, 0.3) is 0 Å². The van der Waals surface area contributed by atoms with Crippen molar-refractivity contribution >= 4 is 0 Å². The van der Waals surface area contributed by atoms with E-state index in [-0.39, 0.29) is 0 Å².